The Bertz CT molecular complexity index is 600. The maximum Gasteiger partial charge on any atom is 0.343 e. The van der Waals surface area contributed by atoms with Crippen LogP contribution in [0, 0.1) is 0 Å². The highest BCUT2D eigenvalue weighted by Crippen LogP contribution is 2.06. The van der Waals surface area contributed by atoms with Crippen LogP contribution in [-0.2, 0) is 0 Å². The fourth-order valence-corrected chi connectivity index (χ4v) is 1.37. The highest BCUT2D eigenvalue weighted by atomic mass is 16.4. The van der Waals surface area contributed by atoms with Crippen LogP contribution in [0.1, 0.15) is 0 Å². The summed E-state index contributed by atoms with van der Waals surface area (Å²) < 4.78 is 4.68. The van der Waals surface area contributed by atoms with Crippen molar-refractivity contribution in [1.82, 2.24) is 4.98 Å². The largest absolute Gasteiger partial charge is 0.431 e. The molecule has 0 radical (unpaired) electrons. The van der Waals surface area contributed by atoms with E-state index in [9.17, 15) is 4.79 Å². The molecule has 2 aromatic heterocycles. The molecule has 0 unspecified atom stereocenters. The van der Waals surface area contributed by atoms with E-state index in [1.807, 2.05) is 36.4 Å². The van der Waals surface area contributed by atoms with Crippen LogP contribution in [0.4, 0.5) is 0 Å². The van der Waals surface area contributed by atoms with Crippen LogP contribution >= 0.6 is 0 Å². The lowest BCUT2D eigenvalue weighted by atomic mass is 10.2. The maximum absolute atomic E-state index is 11.0. The molecule has 84 valence electrons. The molecule has 0 spiro atoms. The number of rotatable bonds is 0. The first-order valence-electron chi connectivity index (χ1n) is 5.19. The van der Waals surface area contributed by atoms with Crippen LogP contribution in [0.3, 0.4) is 0 Å². The summed E-state index contributed by atoms with van der Waals surface area (Å²) in [6.45, 7) is 0. The molecular weight excluding hydrogens is 214 g/mol. The molecule has 3 heteroatoms. The van der Waals surface area contributed by atoms with Gasteiger partial charge < -0.3 is 4.42 Å². The Morgan fingerprint density at radius 1 is 0.882 bits per heavy atom. The van der Waals surface area contributed by atoms with Crippen molar-refractivity contribution < 1.29 is 4.42 Å². The van der Waals surface area contributed by atoms with E-state index < -0.39 is 0 Å². The molecule has 2 heterocycles. The van der Waals surface area contributed by atoms with Crippen LogP contribution in [0.5, 0.6) is 0 Å². The van der Waals surface area contributed by atoms with Crippen molar-refractivity contribution in [3.05, 3.63) is 77.6 Å². The van der Waals surface area contributed by atoms with Crippen LogP contribution in [0.25, 0.3) is 10.8 Å². The fraction of sp³-hybridized carbons (Fsp3) is 0. The van der Waals surface area contributed by atoms with Gasteiger partial charge in [-0.15, -0.1) is 0 Å². The fourth-order valence-electron chi connectivity index (χ4n) is 1.37. The smallest absolute Gasteiger partial charge is 0.343 e. The van der Waals surface area contributed by atoms with Gasteiger partial charge in [0.25, 0.3) is 0 Å². The number of benzene rings is 1. The highest BCUT2D eigenvalue weighted by molar-refractivity contribution is 5.80. The van der Waals surface area contributed by atoms with Gasteiger partial charge in [0.1, 0.15) is 0 Å². The average Bonchev–Trinajstić information content (AvgIpc) is 2.42. The average molecular weight is 225 g/mol. The molecule has 17 heavy (non-hydrogen) atoms. The second-order valence-corrected chi connectivity index (χ2v) is 3.32. The molecule has 3 aromatic rings. The lowest BCUT2D eigenvalue weighted by Crippen LogP contribution is -1.96. The number of pyridine rings is 1. The van der Waals surface area contributed by atoms with Crippen molar-refractivity contribution in [2.24, 2.45) is 0 Å². The molecule has 0 aliphatic rings. The summed E-state index contributed by atoms with van der Waals surface area (Å²) in [5, 5.41) is 1.55. The zero-order valence-electron chi connectivity index (χ0n) is 9.11. The van der Waals surface area contributed by atoms with Gasteiger partial charge in [-0.2, -0.15) is 0 Å². The lowest BCUT2D eigenvalue weighted by molar-refractivity contribution is 0.519. The molecule has 0 aliphatic carbocycles. The van der Waals surface area contributed by atoms with E-state index in [4.69, 9.17) is 0 Å². The Hall–Kier alpha value is -2.42. The highest BCUT2D eigenvalue weighted by Gasteiger charge is 1.94. The quantitative estimate of drug-likeness (QED) is 0.590. The Labute approximate surface area is 98.4 Å². The second kappa shape index (κ2) is 5.61. The van der Waals surface area contributed by atoms with Gasteiger partial charge in [-0.3, -0.25) is 4.98 Å². The van der Waals surface area contributed by atoms with Crippen molar-refractivity contribution in [3.8, 4) is 0 Å². The van der Waals surface area contributed by atoms with E-state index in [0.717, 1.165) is 5.39 Å². The molecule has 0 aliphatic heterocycles. The molecule has 3 rings (SSSR count). The Balaban J connectivity index is 0.000000153. The Kier molecular flexibility index (Phi) is 3.65. The SMILES string of the molecule is O=c1occc2ccccc12.c1ccncc1. The van der Waals surface area contributed by atoms with Crippen molar-refractivity contribution in [2.45, 2.75) is 0 Å². The minimum Gasteiger partial charge on any atom is -0.431 e. The van der Waals surface area contributed by atoms with E-state index in [-0.39, 0.29) is 5.63 Å². The maximum atomic E-state index is 11.0. The number of aromatic nitrogens is 1. The minimum absolute atomic E-state index is 0.275. The molecule has 0 atom stereocenters. The lowest BCUT2D eigenvalue weighted by Gasteiger charge is -1.91. The van der Waals surface area contributed by atoms with Crippen LogP contribution in [0.15, 0.2) is 76.4 Å². The third-order valence-electron chi connectivity index (χ3n) is 2.17. The van der Waals surface area contributed by atoms with Crippen molar-refractivity contribution >= 4 is 10.8 Å². The summed E-state index contributed by atoms with van der Waals surface area (Å²) >= 11 is 0. The van der Waals surface area contributed by atoms with Crippen LogP contribution in [-0.4, -0.2) is 4.98 Å². The number of nitrogens with zero attached hydrogens (tertiary/aromatic N) is 1. The summed E-state index contributed by atoms with van der Waals surface area (Å²) in [4.78, 5) is 14.8. The van der Waals surface area contributed by atoms with Gasteiger partial charge in [0.2, 0.25) is 0 Å². The van der Waals surface area contributed by atoms with Crippen molar-refractivity contribution in [1.29, 1.82) is 0 Å². The van der Waals surface area contributed by atoms with Crippen LogP contribution < -0.4 is 5.63 Å². The molecular formula is C14H11NO2. The summed E-state index contributed by atoms with van der Waals surface area (Å²) in [5.41, 5.74) is -0.275. The summed E-state index contributed by atoms with van der Waals surface area (Å²) in [6.07, 6.45) is 4.91. The minimum atomic E-state index is -0.275. The van der Waals surface area contributed by atoms with E-state index in [1.54, 1.807) is 24.5 Å². The third-order valence-corrected chi connectivity index (χ3v) is 2.17. The topological polar surface area (TPSA) is 43.1 Å². The second-order valence-electron chi connectivity index (χ2n) is 3.32. The number of hydrogen-bond donors (Lipinski definition) is 0. The molecule has 0 N–H and O–H groups in total. The number of hydrogen-bond acceptors (Lipinski definition) is 3. The van der Waals surface area contributed by atoms with E-state index >= 15 is 0 Å². The van der Waals surface area contributed by atoms with E-state index in [1.165, 1.54) is 6.26 Å². The van der Waals surface area contributed by atoms with Gasteiger partial charge in [-0.1, -0.05) is 24.3 Å². The number of fused-ring (bicyclic) bond motifs is 1. The first-order valence-corrected chi connectivity index (χ1v) is 5.19. The molecule has 0 saturated heterocycles. The first kappa shape index (κ1) is 11.1. The van der Waals surface area contributed by atoms with E-state index in [0.29, 0.717) is 5.39 Å². The van der Waals surface area contributed by atoms with Gasteiger partial charge in [-0.05, 0) is 29.7 Å². The zero-order chi connectivity index (χ0) is 11.9. The summed E-state index contributed by atoms with van der Waals surface area (Å²) in [7, 11) is 0. The summed E-state index contributed by atoms with van der Waals surface area (Å²) in [6, 6.07) is 14.8. The monoisotopic (exact) mass is 225 g/mol. The molecule has 0 amide bonds. The molecule has 3 nitrogen and oxygen atoms in total. The Morgan fingerprint density at radius 2 is 1.65 bits per heavy atom. The van der Waals surface area contributed by atoms with Crippen LogP contribution in [0.2, 0.25) is 0 Å². The summed E-state index contributed by atoms with van der Waals surface area (Å²) in [5.74, 6) is 0. The Morgan fingerprint density at radius 3 is 2.24 bits per heavy atom. The zero-order valence-corrected chi connectivity index (χ0v) is 9.11. The third kappa shape index (κ3) is 3.01. The molecule has 0 saturated carbocycles. The standard InChI is InChI=1S/C9H6O2.C5H5N/c10-9-8-4-2-1-3-7(8)5-6-11-9;1-2-4-6-5-3-1/h1-6H;1-5H. The van der Waals surface area contributed by atoms with Gasteiger partial charge >= 0.3 is 5.63 Å². The van der Waals surface area contributed by atoms with E-state index in [2.05, 4.69) is 9.40 Å². The molecule has 0 fully saturated rings. The normalized spacial score (nSPS) is 9.41. The predicted octanol–water partition coefficient (Wildman–Crippen LogP) is 2.87. The van der Waals surface area contributed by atoms with Crippen molar-refractivity contribution in [3.63, 3.8) is 0 Å². The molecule has 0 bridgehead atoms. The first-order chi connectivity index (χ1) is 8.38. The van der Waals surface area contributed by atoms with Gasteiger partial charge in [-0.25, -0.2) is 4.79 Å². The predicted molar refractivity (Wildman–Crippen MR) is 66.7 cm³/mol. The van der Waals surface area contributed by atoms with Gasteiger partial charge in [0.15, 0.2) is 0 Å². The van der Waals surface area contributed by atoms with Gasteiger partial charge in [0.05, 0.1) is 11.6 Å². The van der Waals surface area contributed by atoms with Crippen molar-refractivity contribution in [2.75, 3.05) is 0 Å². The molecule has 1 aromatic carbocycles. The van der Waals surface area contributed by atoms with Gasteiger partial charge in [0, 0.05) is 12.4 Å².